The normalized spacial score (nSPS) is 14.0. The van der Waals surface area contributed by atoms with Crippen molar-refractivity contribution in [3.05, 3.63) is 53.6 Å². The third-order valence-corrected chi connectivity index (χ3v) is 5.40. The number of carbonyl (C=O) groups excluding carboxylic acids is 4. The first-order valence-corrected chi connectivity index (χ1v) is 9.36. The maximum absolute atomic E-state index is 12.1. The summed E-state index contributed by atoms with van der Waals surface area (Å²) in [5.41, 5.74) is 3.00. The van der Waals surface area contributed by atoms with Crippen LogP contribution in [0.25, 0.3) is 0 Å². The van der Waals surface area contributed by atoms with Crippen LogP contribution < -0.4 is 5.32 Å². The van der Waals surface area contributed by atoms with Crippen LogP contribution >= 0.6 is 11.8 Å². The number of anilines is 1. The highest BCUT2D eigenvalue weighted by atomic mass is 32.2. The van der Waals surface area contributed by atoms with E-state index in [2.05, 4.69) is 37.4 Å². The van der Waals surface area contributed by atoms with Crippen molar-refractivity contribution in [1.29, 1.82) is 0 Å². The lowest BCUT2D eigenvalue weighted by molar-refractivity contribution is -0.143. The number of imide groups is 2. The zero-order chi connectivity index (χ0) is 20.4. The number of likely N-dealkylation sites (N-methyl/N-ethyl adjacent to an activating group) is 1. The molecule has 28 heavy (non-hydrogen) atoms. The topological polar surface area (TPSA) is 86.8 Å². The van der Waals surface area contributed by atoms with Gasteiger partial charge in [-0.15, -0.1) is 0 Å². The van der Waals surface area contributed by atoms with Gasteiger partial charge in [0, 0.05) is 22.5 Å². The van der Waals surface area contributed by atoms with Gasteiger partial charge < -0.3 is 5.32 Å². The maximum Gasteiger partial charge on any atom is 0.334 e. The van der Waals surface area contributed by atoms with E-state index in [-0.39, 0.29) is 0 Å². The Morgan fingerprint density at radius 2 is 1.57 bits per heavy atom. The Balaban J connectivity index is 1.60. The van der Waals surface area contributed by atoms with E-state index < -0.39 is 30.3 Å². The van der Waals surface area contributed by atoms with Crippen LogP contribution in [-0.4, -0.2) is 47.1 Å². The lowest BCUT2D eigenvalue weighted by Crippen LogP contribution is -2.38. The van der Waals surface area contributed by atoms with Crippen molar-refractivity contribution in [3.8, 4) is 0 Å². The van der Waals surface area contributed by atoms with Gasteiger partial charge in [0.2, 0.25) is 5.91 Å². The molecule has 1 aliphatic rings. The van der Waals surface area contributed by atoms with Crippen LogP contribution in [0, 0.1) is 13.8 Å². The SMILES string of the molecule is Cc1ccc(Sc2ccc(NC(=O)CN3C(=O)C(=O)N(C)C3=O)cc2)cc1C. The second-order valence-corrected chi connectivity index (χ2v) is 7.61. The second-order valence-electron chi connectivity index (χ2n) is 6.46. The fraction of sp³-hybridized carbons (Fsp3) is 0.200. The molecule has 8 heteroatoms. The molecule has 1 aliphatic heterocycles. The zero-order valence-corrected chi connectivity index (χ0v) is 16.5. The molecule has 1 fully saturated rings. The summed E-state index contributed by atoms with van der Waals surface area (Å²) in [6.45, 7) is 3.63. The number of aryl methyl sites for hydroxylation is 2. The molecule has 1 N–H and O–H groups in total. The third-order valence-electron chi connectivity index (χ3n) is 4.40. The zero-order valence-electron chi connectivity index (χ0n) is 15.7. The van der Waals surface area contributed by atoms with Gasteiger partial charge in [0.05, 0.1) is 0 Å². The third kappa shape index (κ3) is 4.07. The van der Waals surface area contributed by atoms with Crippen molar-refractivity contribution in [1.82, 2.24) is 9.80 Å². The van der Waals surface area contributed by atoms with E-state index in [9.17, 15) is 19.2 Å². The Kier molecular flexibility index (Phi) is 5.51. The van der Waals surface area contributed by atoms with E-state index >= 15 is 0 Å². The summed E-state index contributed by atoms with van der Waals surface area (Å²) < 4.78 is 0. The van der Waals surface area contributed by atoms with Crippen molar-refractivity contribution >= 4 is 41.2 Å². The Labute approximate surface area is 166 Å². The Hall–Kier alpha value is -3.13. The summed E-state index contributed by atoms with van der Waals surface area (Å²) in [6, 6.07) is 12.7. The van der Waals surface area contributed by atoms with Crippen LogP contribution in [0.4, 0.5) is 10.5 Å². The predicted octanol–water partition coefficient (Wildman–Crippen LogP) is 2.81. The van der Waals surface area contributed by atoms with E-state index in [0.29, 0.717) is 15.5 Å². The molecular weight excluding hydrogens is 378 g/mol. The van der Waals surface area contributed by atoms with E-state index in [0.717, 1.165) is 9.79 Å². The average Bonchev–Trinajstić information content (AvgIpc) is 2.84. The molecule has 2 aromatic rings. The van der Waals surface area contributed by atoms with Crippen molar-refractivity contribution < 1.29 is 19.2 Å². The van der Waals surface area contributed by atoms with Crippen molar-refractivity contribution in [2.45, 2.75) is 23.6 Å². The van der Waals surface area contributed by atoms with Gasteiger partial charge in [0.15, 0.2) is 0 Å². The molecule has 1 heterocycles. The second kappa shape index (κ2) is 7.85. The van der Waals surface area contributed by atoms with Crippen LogP contribution in [0.1, 0.15) is 11.1 Å². The van der Waals surface area contributed by atoms with Crippen LogP contribution in [0.2, 0.25) is 0 Å². The summed E-state index contributed by atoms with van der Waals surface area (Å²) in [7, 11) is 1.20. The molecular formula is C20H19N3O4S. The first-order chi connectivity index (χ1) is 13.3. The molecule has 0 radical (unpaired) electrons. The fourth-order valence-electron chi connectivity index (χ4n) is 2.62. The first-order valence-electron chi connectivity index (χ1n) is 8.55. The summed E-state index contributed by atoms with van der Waals surface area (Å²) in [6.07, 6.45) is 0. The summed E-state index contributed by atoms with van der Waals surface area (Å²) in [5, 5.41) is 2.62. The van der Waals surface area contributed by atoms with Gasteiger partial charge in [-0.2, -0.15) is 0 Å². The van der Waals surface area contributed by atoms with Gasteiger partial charge in [0.1, 0.15) is 6.54 Å². The Bertz CT molecular complexity index is 972. The van der Waals surface area contributed by atoms with E-state index in [1.165, 1.54) is 18.2 Å². The summed E-state index contributed by atoms with van der Waals surface area (Å²) in [5.74, 6) is -2.49. The molecule has 0 saturated carbocycles. The molecule has 0 atom stereocenters. The minimum Gasteiger partial charge on any atom is -0.325 e. The molecule has 0 spiro atoms. The molecule has 5 amide bonds. The molecule has 144 valence electrons. The van der Waals surface area contributed by atoms with Gasteiger partial charge in [0.25, 0.3) is 0 Å². The quantitative estimate of drug-likeness (QED) is 0.619. The summed E-state index contributed by atoms with van der Waals surface area (Å²) in [4.78, 5) is 50.6. The Morgan fingerprint density at radius 1 is 0.929 bits per heavy atom. The van der Waals surface area contributed by atoms with Crippen LogP contribution in [0.15, 0.2) is 52.3 Å². The number of urea groups is 1. The predicted molar refractivity (Wildman–Crippen MR) is 105 cm³/mol. The highest BCUT2D eigenvalue weighted by Crippen LogP contribution is 2.29. The van der Waals surface area contributed by atoms with Crippen LogP contribution in [0.5, 0.6) is 0 Å². The minimum absolute atomic E-state index is 0.507. The number of carbonyl (C=O) groups is 4. The Morgan fingerprint density at radius 3 is 2.14 bits per heavy atom. The van der Waals surface area contributed by atoms with E-state index in [4.69, 9.17) is 0 Å². The monoisotopic (exact) mass is 397 g/mol. The number of hydrogen-bond donors (Lipinski definition) is 1. The number of nitrogens with one attached hydrogen (secondary N) is 1. The van der Waals surface area contributed by atoms with Gasteiger partial charge in [-0.3, -0.25) is 19.3 Å². The smallest absolute Gasteiger partial charge is 0.325 e. The van der Waals surface area contributed by atoms with Gasteiger partial charge >= 0.3 is 17.8 Å². The number of hydrogen-bond acceptors (Lipinski definition) is 5. The summed E-state index contributed by atoms with van der Waals surface area (Å²) >= 11 is 1.61. The van der Waals surface area contributed by atoms with Crippen molar-refractivity contribution in [3.63, 3.8) is 0 Å². The molecule has 2 aromatic carbocycles. The lowest BCUT2D eigenvalue weighted by atomic mass is 10.1. The van der Waals surface area contributed by atoms with Crippen molar-refractivity contribution in [2.24, 2.45) is 0 Å². The number of rotatable bonds is 5. The lowest BCUT2D eigenvalue weighted by Gasteiger charge is -2.13. The number of amides is 5. The molecule has 0 aliphatic carbocycles. The fourth-order valence-corrected chi connectivity index (χ4v) is 3.53. The highest BCUT2D eigenvalue weighted by Gasteiger charge is 2.42. The van der Waals surface area contributed by atoms with Gasteiger partial charge in [-0.25, -0.2) is 9.69 Å². The highest BCUT2D eigenvalue weighted by molar-refractivity contribution is 7.99. The van der Waals surface area contributed by atoms with Gasteiger partial charge in [-0.1, -0.05) is 17.8 Å². The number of benzene rings is 2. The average molecular weight is 397 g/mol. The van der Waals surface area contributed by atoms with Crippen LogP contribution in [-0.2, 0) is 14.4 Å². The molecule has 3 rings (SSSR count). The van der Waals surface area contributed by atoms with Gasteiger partial charge in [-0.05, 0) is 61.4 Å². The molecule has 0 aromatic heterocycles. The van der Waals surface area contributed by atoms with Crippen molar-refractivity contribution in [2.75, 3.05) is 18.9 Å². The molecule has 7 nitrogen and oxygen atoms in total. The first kappa shape index (κ1) is 19.6. The molecule has 0 unspecified atom stereocenters. The standard InChI is InChI=1S/C20H19N3O4S/c1-12-4-7-16(10-13(12)2)28-15-8-5-14(6-9-15)21-17(24)11-23-19(26)18(25)22(3)20(23)27/h4-10H,11H2,1-3H3,(H,21,24). The van der Waals surface area contributed by atoms with E-state index in [1.54, 1.807) is 23.9 Å². The maximum atomic E-state index is 12.1. The van der Waals surface area contributed by atoms with E-state index in [1.807, 2.05) is 12.1 Å². The largest absolute Gasteiger partial charge is 0.334 e. The van der Waals surface area contributed by atoms with Crippen LogP contribution in [0.3, 0.4) is 0 Å². The molecule has 1 saturated heterocycles. The minimum atomic E-state index is -0.997. The molecule has 0 bridgehead atoms. The number of nitrogens with zero attached hydrogens (tertiary/aromatic N) is 2.